The van der Waals surface area contributed by atoms with Crippen LogP contribution in [-0.2, 0) is 10.0 Å². The van der Waals surface area contributed by atoms with E-state index >= 15 is 0 Å². The van der Waals surface area contributed by atoms with Crippen LogP contribution in [0.2, 0.25) is 0 Å². The van der Waals surface area contributed by atoms with Gasteiger partial charge in [-0.05, 0) is 38.5 Å². The Hall–Kier alpha value is -1.12. The molecule has 1 aliphatic heterocycles. The Balaban J connectivity index is 1.74. The molecule has 0 aromatic rings. The highest BCUT2D eigenvalue weighted by Crippen LogP contribution is 2.25. The van der Waals surface area contributed by atoms with Gasteiger partial charge in [0.2, 0.25) is 10.0 Å². The van der Waals surface area contributed by atoms with Crippen LogP contribution in [0.3, 0.4) is 0 Å². The van der Waals surface area contributed by atoms with Crippen molar-refractivity contribution in [3.63, 3.8) is 0 Å². The molecule has 7 nitrogen and oxygen atoms in total. The molecule has 0 aromatic heterocycles. The van der Waals surface area contributed by atoms with E-state index in [4.69, 9.17) is 0 Å². The molecule has 2 aliphatic rings. The molecule has 1 aliphatic carbocycles. The van der Waals surface area contributed by atoms with Crippen LogP contribution in [0, 0.1) is 5.92 Å². The first-order chi connectivity index (χ1) is 12.5. The lowest BCUT2D eigenvalue weighted by Gasteiger charge is -2.32. The van der Waals surface area contributed by atoms with Crippen molar-refractivity contribution >= 4 is 16.0 Å². The van der Waals surface area contributed by atoms with Crippen molar-refractivity contribution < 1.29 is 8.42 Å². The number of sulfonamides is 1. The summed E-state index contributed by atoms with van der Waals surface area (Å²) in [5.41, 5.74) is 0. The van der Waals surface area contributed by atoms with Crippen molar-refractivity contribution in [3.8, 4) is 0 Å². The predicted molar refractivity (Wildman–Crippen MR) is 108 cm³/mol. The second-order valence-corrected chi connectivity index (χ2v) is 9.16. The molecular weight excluding hydrogens is 350 g/mol. The Morgan fingerprint density at radius 3 is 2.58 bits per heavy atom. The van der Waals surface area contributed by atoms with Gasteiger partial charge in [0.1, 0.15) is 0 Å². The monoisotopic (exact) mass is 385 g/mol. The molecule has 1 saturated carbocycles. The van der Waals surface area contributed by atoms with Gasteiger partial charge in [0.05, 0.1) is 12.3 Å². The van der Waals surface area contributed by atoms with Gasteiger partial charge in [-0.25, -0.2) is 13.1 Å². The SMILES string of the molecule is C=CCN1CCC(NC(=NCCS(=O)(=O)NCC2CCC2)NCC)CC1. The first-order valence-corrected chi connectivity index (χ1v) is 11.5. The minimum atomic E-state index is -3.24. The van der Waals surface area contributed by atoms with Crippen molar-refractivity contribution in [2.75, 3.05) is 45.0 Å². The second-order valence-electron chi connectivity index (χ2n) is 7.23. The van der Waals surface area contributed by atoms with E-state index in [2.05, 4.69) is 31.8 Å². The summed E-state index contributed by atoms with van der Waals surface area (Å²) >= 11 is 0. The molecule has 8 heteroatoms. The van der Waals surface area contributed by atoms with E-state index < -0.39 is 10.0 Å². The number of aliphatic imine (C=N–C) groups is 1. The molecule has 0 radical (unpaired) electrons. The fraction of sp³-hybridized carbons (Fsp3) is 0.833. The predicted octanol–water partition coefficient (Wildman–Crippen LogP) is 0.911. The van der Waals surface area contributed by atoms with Gasteiger partial charge in [-0.15, -0.1) is 6.58 Å². The molecule has 1 saturated heterocycles. The summed E-state index contributed by atoms with van der Waals surface area (Å²) in [6.07, 6.45) is 7.56. The quantitative estimate of drug-likeness (QED) is 0.296. The van der Waals surface area contributed by atoms with E-state index in [9.17, 15) is 8.42 Å². The average Bonchev–Trinajstić information content (AvgIpc) is 2.55. The van der Waals surface area contributed by atoms with Crippen molar-refractivity contribution in [2.45, 2.75) is 45.1 Å². The summed E-state index contributed by atoms with van der Waals surface area (Å²) in [5, 5.41) is 6.66. The molecule has 0 atom stereocenters. The van der Waals surface area contributed by atoms with E-state index in [0.717, 1.165) is 51.9 Å². The number of nitrogens with zero attached hydrogens (tertiary/aromatic N) is 2. The Morgan fingerprint density at radius 2 is 2.00 bits per heavy atom. The number of hydrogen-bond acceptors (Lipinski definition) is 4. The topological polar surface area (TPSA) is 85.8 Å². The highest BCUT2D eigenvalue weighted by molar-refractivity contribution is 7.89. The van der Waals surface area contributed by atoms with E-state index in [0.29, 0.717) is 24.5 Å². The van der Waals surface area contributed by atoms with Crippen LogP contribution in [0.1, 0.15) is 39.0 Å². The molecule has 0 aromatic carbocycles. The first kappa shape index (κ1) is 21.2. The summed E-state index contributed by atoms with van der Waals surface area (Å²) in [6.45, 7) is 10.4. The molecule has 3 N–H and O–H groups in total. The van der Waals surface area contributed by atoms with Gasteiger partial charge in [-0.3, -0.25) is 9.89 Å². The molecular formula is C18H35N5O2S. The zero-order valence-corrected chi connectivity index (χ0v) is 16.9. The third-order valence-corrected chi connectivity index (χ3v) is 6.43. The van der Waals surface area contributed by atoms with Crippen LogP contribution in [0.25, 0.3) is 0 Å². The normalized spacial score (nSPS) is 20.6. The molecule has 2 rings (SSSR count). The van der Waals surface area contributed by atoms with Crippen LogP contribution in [0.15, 0.2) is 17.6 Å². The summed E-state index contributed by atoms with van der Waals surface area (Å²) < 4.78 is 26.8. The molecule has 0 unspecified atom stereocenters. The first-order valence-electron chi connectivity index (χ1n) is 9.88. The average molecular weight is 386 g/mol. The molecule has 1 heterocycles. The summed E-state index contributed by atoms with van der Waals surface area (Å²) in [4.78, 5) is 6.84. The fourth-order valence-corrected chi connectivity index (χ4v) is 4.21. The van der Waals surface area contributed by atoms with E-state index in [1.165, 1.54) is 6.42 Å². The van der Waals surface area contributed by atoms with Gasteiger partial charge in [-0.2, -0.15) is 0 Å². The third-order valence-electron chi connectivity index (χ3n) is 5.11. The second kappa shape index (κ2) is 10.9. The van der Waals surface area contributed by atoms with Crippen LogP contribution >= 0.6 is 0 Å². The van der Waals surface area contributed by atoms with Crippen molar-refractivity contribution in [1.29, 1.82) is 0 Å². The highest BCUT2D eigenvalue weighted by Gasteiger charge is 2.21. The lowest BCUT2D eigenvalue weighted by Crippen LogP contribution is -2.48. The Kier molecular flexibility index (Phi) is 8.87. The van der Waals surface area contributed by atoms with Crippen LogP contribution < -0.4 is 15.4 Å². The largest absolute Gasteiger partial charge is 0.357 e. The summed E-state index contributed by atoms with van der Waals surface area (Å²) in [7, 11) is -3.24. The number of piperidine rings is 1. The molecule has 0 amide bonds. The molecule has 0 spiro atoms. The standard InChI is InChI=1S/C18H35N5O2S/c1-3-11-23-12-8-17(9-13-23)22-18(19-4-2)20-10-14-26(24,25)21-15-16-6-5-7-16/h3,16-17,21H,1,4-15H2,2H3,(H2,19,20,22). The highest BCUT2D eigenvalue weighted by atomic mass is 32.2. The summed E-state index contributed by atoms with van der Waals surface area (Å²) in [6, 6.07) is 0.377. The van der Waals surface area contributed by atoms with Gasteiger partial charge in [-0.1, -0.05) is 12.5 Å². The van der Waals surface area contributed by atoms with Gasteiger partial charge in [0.15, 0.2) is 5.96 Å². The van der Waals surface area contributed by atoms with E-state index in [1.54, 1.807) is 0 Å². The lowest BCUT2D eigenvalue weighted by molar-refractivity contribution is 0.225. The van der Waals surface area contributed by atoms with Crippen LogP contribution in [-0.4, -0.2) is 70.3 Å². The third kappa shape index (κ3) is 7.63. The van der Waals surface area contributed by atoms with Gasteiger partial charge < -0.3 is 10.6 Å². The molecule has 2 fully saturated rings. The Bertz CT molecular complexity index is 552. The van der Waals surface area contributed by atoms with Crippen molar-refractivity contribution in [1.82, 2.24) is 20.3 Å². The zero-order chi connectivity index (χ0) is 18.8. The minimum Gasteiger partial charge on any atom is -0.357 e. The number of likely N-dealkylation sites (tertiary alicyclic amines) is 1. The lowest BCUT2D eigenvalue weighted by atomic mass is 9.86. The minimum absolute atomic E-state index is 0.0358. The van der Waals surface area contributed by atoms with E-state index in [-0.39, 0.29) is 12.3 Å². The molecule has 0 bridgehead atoms. The number of hydrogen-bond donors (Lipinski definition) is 3. The van der Waals surface area contributed by atoms with E-state index in [1.807, 2.05) is 13.0 Å². The smallest absolute Gasteiger partial charge is 0.213 e. The van der Waals surface area contributed by atoms with Crippen molar-refractivity contribution in [2.24, 2.45) is 10.9 Å². The Labute approximate surface area is 158 Å². The molecule has 26 heavy (non-hydrogen) atoms. The maximum absolute atomic E-state index is 12.1. The van der Waals surface area contributed by atoms with Gasteiger partial charge >= 0.3 is 0 Å². The van der Waals surface area contributed by atoms with Gasteiger partial charge in [0.25, 0.3) is 0 Å². The number of nitrogens with one attached hydrogen (secondary N) is 3. The Morgan fingerprint density at radius 1 is 1.27 bits per heavy atom. The molecule has 150 valence electrons. The van der Waals surface area contributed by atoms with Crippen molar-refractivity contribution in [3.05, 3.63) is 12.7 Å². The fourth-order valence-electron chi connectivity index (χ4n) is 3.25. The van der Waals surface area contributed by atoms with Crippen LogP contribution in [0.4, 0.5) is 0 Å². The van der Waals surface area contributed by atoms with Gasteiger partial charge in [0, 0.05) is 38.8 Å². The van der Waals surface area contributed by atoms with Crippen LogP contribution in [0.5, 0.6) is 0 Å². The maximum Gasteiger partial charge on any atom is 0.213 e. The maximum atomic E-state index is 12.1. The summed E-state index contributed by atoms with van der Waals surface area (Å²) in [5.74, 6) is 1.27. The number of guanidine groups is 1. The number of rotatable bonds is 10. The zero-order valence-electron chi connectivity index (χ0n) is 16.0.